The van der Waals surface area contributed by atoms with Crippen molar-refractivity contribution in [2.45, 2.75) is 31.6 Å². The van der Waals surface area contributed by atoms with Crippen LogP contribution in [0.25, 0.3) is 0 Å². The van der Waals surface area contributed by atoms with Gasteiger partial charge in [-0.2, -0.15) is 0 Å². The van der Waals surface area contributed by atoms with E-state index in [-0.39, 0.29) is 29.3 Å². The lowest BCUT2D eigenvalue weighted by Crippen LogP contribution is -2.26. The molecule has 0 saturated carbocycles. The van der Waals surface area contributed by atoms with Crippen LogP contribution in [0.15, 0.2) is 11.0 Å². The van der Waals surface area contributed by atoms with Crippen molar-refractivity contribution in [3.8, 4) is 0 Å². The van der Waals surface area contributed by atoms with Gasteiger partial charge in [-0.15, -0.1) is 0 Å². The van der Waals surface area contributed by atoms with Crippen LogP contribution in [-0.4, -0.2) is 26.0 Å². The van der Waals surface area contributed by atoms with Gasteiger partial charge in [-0.1, -0.05) is 23.2 Å². The van der Waals surface area contributed by atoms with Crippen molar-refractivity contribution in [3.05, 3.63) is 27.2 Å². The molecule has 0 aliphatic carbocycles. The lowest BCUT2D eigenvalue weighted by molar-refractivity contribution is -0.137. The normalized spacial score (nSPS) is 11.6. The average Bonchev–Trinajstić information content (AvgIpc) is 2.32. The second kappa shape index (κ2) is 6.76. The van der Waals surface area contributed by atoms with Crippen molar-refractivity contribution in [3.63, 3.8) is 0 Å². The minimum Gasteiger partial charge on any atom is -0.481 e. The van der Waals surface area contributed by atoms with E-state index in [1.165, 1.54) is 0 Å². The van der Waals surface area contributed by atoms with Crippen LogP contribution < -0.4 is 4.72 Å². The third-order valence-electron chi connectivity index (χ3n) is 2.72. The summed E-state index contributed by atoms with van der Waals surface area (Å²) in [7, 11) is -3.82. The summed E-state index contributed by atoms with van der Waals surface area (Å²) in [5.41, 5.74) is 0.932. The Balaban J connectivity index is 3.01. The topological polar surface area (TPSA) is 83.5 Å². The number of hydrogen-bond acceptors (Lipinski definition) is 3. The van der Waals surface area contributed by atoms with E-state index in [9.17, 15) is 13.2 Å². The monoisotopic (exact) mass is 339 g/mol. The van der Waals surface area contributed by atoms with E-state index in [1.54, 1.807) is 19.9 Å². The number of benzene rings is 1. The number of aliphatic carboxylic acids is 1. The molecular weight excluding hydrogens is 325 g/mol. The van der Waals surface area contributed by atoms with Crippen LogP contribution in [0, 0.1) is 13.8 Å². The van der Waals surface area contributed by atoms with Crippen LogP contribution in [0.1, 0.15) is 24.0 Å². The summed E-state index contributed by atoms with van der Waals surface area (Å²) in [5.74, 6) is -0.975. The molecule has 0 saturated heterocycles. The largest absolute Gasteiger partial charge is 0.481 e. The molecule has 5 nitrogen and oxygen atoms in total. The highest BCUT2D eigenvalue weighted by molar-refractivity contribution is 7.89. The Morgan fingerprint density at radius 1 is 1.35 bits per heavy atom. The second-order valence-electron chi connectivity index (χ2n) is 4.34. The molecule has 0 amide bonds. The summed E-state index contributed by atoms with van der Waals surface area (Å²) < 4.78 is 26.8. The molecule has 112 valence electrons. The number of carbonyl (C=O) groups is 1. The zero-order chi connectivity index (χ0) is 15.5. The first kappa shape index (κ1) is 17.2. The molecule has 8 heteroatoms. The van der Waals surface area contributed by atoms with Crippen LogP contribution in [0.4, 0.5) is 0 Å². The van der Waals surface area contributed by atoms with E-state index in [2.05, 4.69) is 4.72 Å². The number of rotatable bonds is 6. The zero-order valence-electron chi connectivity index (χ0n) is 11.0. The van der Waals surface area contributed by atoms with Crippen LogP contribution in [-0.2, 0) is 14.8 Å². The minimum absolute atomic E-state index is 0.0238. The predicted molar refractivity (Wildman–Crippen MR) is 78.0 cm³/mol. The molecule has 20 heavy (non-hydrogen) atoms. The second-order valence-corrected chi connectivity index (χ2v) is 6.83. The van der Waals surface area contributed by atoms with Crippen LogP contribution >= 0.6 is 23.2 Å². The summed E-state index contributed by atoms with van der Waals surface area (Å²) in [4.78, 5) is 10.3. The van der Waals surface area contributed by atoms with Gasteiger partial charge < -0.3 is 5.11 Å². The maximum absolute atomic E-state index is 12.2. The van der Waals surface area contributed by atoms with Gasteiger partial charge in [-0.05, 0) is 37.5 Å². The van der Waals surface area contributed by atoms with E-state index in [0.717, 1.165) is 0 Å². The smallest absolute Gasteiger partial charge is 0.303 e. The highest BCUT2D eigenvalue weighted by Crippen LogP contribution is 2.33. The number of nitrogens with one attached hydrogen (secondary N) is 1. The molecule has 0 spiro atoms. The molecule has 1 aromatic rings. The molecule has 0 aromatic heterocycles. The summed E-state index contributed by atoms with van der Waals surface area (Å²) in [5, 5.41) is 8.95. The van der Waals surface area contributed by atoms with E-state index in [0.29, 0.717) is 16.1 Å². The van der Waals surface area contributed by atoms with Crippen molar-refractivity contribution >= 4 is 39.2 Å². The third kappa shape index (κ3) is 4.09. The Morgan fingerprint density at radius 2 is 1.95 bits per heavy atom. The van der Waals surface area contributed by atoms with Gasteiger partial charge in [0.2, 0.25) is 10.0 Å². The van der Waals surface area contributed by atoms with Gasteiger partial charge >= 0.3 is 5.97 Å². The van der Waals surface area contributed by atoms with Gasteiger partial charge in [-0.25, -0.2) is 13.1 Å². The van der Waals surface area contributed by atoms with Gasteiger partial charge in [0, 0.05) is 18.0 Å². The third-order valence-corrected chi connectivity index (χ3v) is 5.34. The molecule has 2 N–H and O–H groups in total. The van der Waals surface area contributed by atoms with E-state index < -0.39 is 16.0 Å². The number of sulfonamides is 1. The molecular formula is C12H15Cl2NO4S. The van der Waals surface area contributed by atoms with E-state index in [4.69, 9.17) is 28.3 Å². The maximum Gasteiger partial charge on any atom is 0.303 e. The van der Waals surface area contributed by atoms with Crippen LogP contribution in [0.2, 0.25) is 10.0 Å². The fourth-order valence-corrected chi connectivity index (χ4v) is 3.93. The van der Waals surface area contributed by atoms with E-state index in [1.807, 2.05) is 0 Å². The number of halogens is 2. The first-order valence-electron chi connectivity index (χ1n) is 5.83. The Labute approximate surface area is 127 Å². The molecule has 0 radical (unpaired) electrons. The lowest BCUT2D eigenvalue weighted by atomic mass is 10.2. The first-order valence-corrected chi connectivity index (χ1v) is 8.07. The standard InChI is InChI=1S/C12H15Cl2NO4S/c1-7-6-9(13)8(2)12(11(7)14)20(18,19)15-5-3-4-10(16)17/h6,15H,3-5H2,1-2H3,(H,16,17). The molecule has 0 bridgehead atoms. The summed E-state index contributed by atoms with van der Waals surface area (Å²) in [6.07, 6.45) is 0.0919. The van der Waals surface area contributed by atoms with Crippen molar-refractivity contribution in [1.29, 1.82) is 0 Å². The number of carboxylic acid groups (broad SMARTS) is 1. The van der Waals surface area contributed by atoms with Gasteiger partial charge in [0.05, 0.1) is 5.02 Å². The lowest BCUT2D eigenvalue weighted by Gasteiger charge is -2.13. The molecule has 0 heterocycles. The molecule has 1 aromatic carbocycles. The highest BCUT2D eigenvalue weighted by Gasteiger charge is 2.23. The Morgan fingerprint density at radius 3 is 2.50 bits per heavy atom. The van der Waals surface area contributed by atoms with Crippen LogP contribution in [0.5, 0.6) is 0 Å². The fraction of sp³-hybridized carbons (Fsp3) is 0.417. The summed E-state index contributed by atoms with van der Waals surface area (Å²) in [6, 6.07) is 1.60. The summed E-state index contributed by atoms with van der Waals surface area (Å²) >= 11 is 12.0. The Hall–Kier alpha value is -0.820. The molecule has 0 unspecified atom stereocenters. The molecule has 0 atom stereocenters. The Bertz CT molecular complexity index is 603. The van der Waals surface area contributed by atoms with Crippen molar-refractivity contribution in [2.75, 3.05) is 6.54 Å². The van der Waals surface area contributed by atoms with Crippen molar-refractivity contribution in [1.82, 2.24) is 4.72 Å². The first-order chi connectivity index (χ1) is 9.16. The minimum atomic E-state index is -3.82. The molecule has 1 rings (SSSR count). The molecule has 0 aliphatic rings. The van der Waals surface area contributed by atoms with Gasteiger partial charge in [0.25, 0.3) is 0 Å². The quantitative estimate of drug-likeness (QED) is 0.780. The fourth-order valence-electron chi connectivity index (χ4n) is 1.65. The van der Waals surface area contributed by atoms with Gasteiger partial charge in [0.1, 0.15) is 4.90 Å². The molecule has 0 aliphatic heterocycles. The Kier molecular flexibility index (Phi) is 5.82. The SMILES string of the molecule is Cc1cc(Cl)c(C)c(S(=O)(=O)NCCCC(=O)O)c1Cl. The molecule has 0 fully saturated rings. The number of aryl methyl sites for hydroxylation is 1. The van der Waals surface area contributed by atoms with Crippen molar-refractivity contribution in [2.24, 2.45) is 0 Å². The van der Waals surface area contributed by atoms with Crippen molar-refractivity contribution < 1.29 is 18.3 Å². The van der Waals surface area contributed by atoms with E-state index >= 15 is 0 Å². The number of hydrogen-bond donors (Lipinski definition) is 2. The predicted octanol–water partition coefficient (Wildman–Crippen LogP) is 2.75. The zero-order valence-corrected chi connectivity index (χ0v) is 13.4. The highest BCUT2D eigenvalue weighted by atomic mass is 35.5. The van der Waals surface area contributed by atoms with Gasteiger partial charge in [0.15, 0.2) is 0 Å². The number of carboxylic acids is 1. The average molecular weight is 340 g/mol. The van der Waals surface area contributed by atoms with Crippen LogP contribution in [0.3, 0.4) is 0 Å². The van der Waals surface area contributed by atoms with Gasteiger partial charge in [-0.3, -0.25) is 4.79 Å². The maximum atomic E-state index is 12.2. The summed E-state index contributed by atoms with van der Waals surface area (Å²) in [6.45, 7) is 3.26.